The number of aromatic nitrogens is 6. The Hall–Kier alpha value is -3.40. The molecule has 3 aromatic heterocycles. The molecular weight excluding hydrogens is 447 g/mol. The van der Waals surface area contributed by atoms with E-state index < -0.39 is 5.60 Å². The molecule has 1 aromatic carbocycles. The zero-order valence-electron chi connectivity index (χ0n) is 20.0. The lowest BCUT2D eigenvalue weighted by Gasteiger charge is -2.33. The van der Waals surface area contributed by atoms with E-state index in [1.807, 2.05) is 19.9 Å². The van der Waals surface area contributed by atoms with Gasteiger partial charge in [0, 0.05) is 31.3 Å². The van der Waals surface area contributed by atoms with Crippen LogP contribution in [0.1, 0.15) is 51.1 Å². The fourth-order valence-electron chi connectivity index (χ4n) is 5.07. The summed E-state index contributed by atoms with van der Waals surface area (Å²) >= 11 is 0. The van der Waals surface area contributed by atoms with Gasteiger partial charge < -0.3 is 15.3 Å². The number of nitrogens with one attached hydrogen (secondary N) is 1. The van der Waals surface area contributed by atoms with Gasteiger partial charge in [-0.2, -0.15) is 19.6 Å². The van der Waals surface area contributed by atoms with Gasteiger partial charge >= 0.3 is 0 Å². The molecule has 1 saturated carbocycles. The van der Waals surface area contributed by atoms with E-state index in [1.165, 1.54) is 12.1 Å². The van der Waals surface area contributed by atoms with Gasteiger partial charge in [-0.25, -0.2) is 14.4 Å². The van der Waals surface area contributed by atoms with Gasteiger partial charge in [-0.3, -0.25) is 0 Å². The summed E-state index contributed by atoms with van der Waals surface area (Å²) in [5, 5.41) is 18.7. The molecule has 4 aromatic rings. The van der Waals surface area contributed by atoms with Crippen LogP contribution in [-0.4, -0.2) is 59.4 Å². The summed E-state index contributed by atoms with van der Waals surface area (Å²) in [5.41, 5.74) is 3.11. The molecule has 1 saturated heterocycles. The average Bonchev–Trinajstić information content (AvgIpc) is 3.50. The van der Waals surface area contributed by atoms with Crippen LogP contribution in [0.5, 0.6) is 0 Å². The summed E-state index contributed by atoms with van der Waals surface area (Å²) in [6.07, 6.45) is 5.44. The minimum Gasteiger partial charge on any atom is -0.390 e. The number of nitrogens with zero attached hydrogens (tertiary/aromatic N) is 7. The third-order valence-corrected chi connectivity index (χ3v) is 7.14. The molecule has 1 aliphatic carbocycles. The molecule has 182 valence electrons. The van der Waals surface area contributed by atoms with Crippen LogP contribution in [0.4, 0.5) is 16.3 Å². The van der Waals surface area contributed by atoms with E-state index in [9.17, 15) is 9.50 Å². The predicted molar refractivity (Wildman–Crippen MR) is 132 cm³/mol. The molecule has 6 rings (SSSR count). The fraction of sp³-hybridized carbons (Fsp3) is 0.480. The molecule has 4 heterocycles. The molecule has 2 N–H and O–H groups in total. The lowest BCUT2D eigenvalue weighted by molar-refractivity contribution is 0.0195. The van der Waals surface area contributed by atoms with Gasteiger partial charge in [0.25, 0.3) is 0 Å². The maximum Gasteiger partial charge on any atom is 0.230 e. The topological polar surface area (TPSA) is 104 Å². The van der Waals surface area contributed by atoms with Gasteiger partial charge in [0.2, 0.25) is 11.9 Å². The van der Waals surface area contributed by atoms with E-state index in [4.69, 9.17) is 15.1 Å². The van der Waals surface area contributed by atoms with Crippen LogP contribution in [0.2, 0.25) is 0 Å². The van der Waals surface area contributed by atoms with Gasteiger partial charge in [0.1, 0.15) is 17.2 Å². The second-order valence-electron chi connectivity index (χ2n) is 10.0. The van der Waals surface area contributed by atoms with Crippen molar-refractivity contribution in [2.24, 2.45) is 0 Å². The summed E-state index contributed by atoms with van der Waals surface area (Å²) in [6, 6.07) is 6.49. The average molecular weight is 477 g/mol. The van der Waals surface area contributed by atoms with Gasteiger partial charge in [0.05, 0.1) is 22.3 Å². The third-order valence-electron chi connectivity index (χ3n) is 7.14. The zero-order valence-corrected chi connectivity index (χ0v) is 20.0. The van der Waals surface area contributed by atoms with Crippen molar-refractivity contribution in [1.29, 1.82) is 0 Å². The highest BCUT2D eigenvalue weighted by Gasteiger charge is 2.30. The Morgan fingerprint density at radius 2 is 1.80 bits per heavy atom. The SMILES string of the molecule is Cc1nc2ccc(F)cc2nc1-c1cc2nc(N3CCCC3)nc(N[C@H]3CC[C@](C)(O)CC3)n2n1. The van der Waals surface area contributed by atoms with E-state index >= 15 is 0 Å². The molecule has 1 aliphatic heterocycles. The summed E-state index contributed by atoms with van der Waals surface area (Å²) < 4.78 is 15.5. The van der Waals surface area contributed by atoms with Crippen LogP contribution >= 0.6 is 0 Å². The molecule has 0 atom stereocenters. The highest BCUT2D eigenvalue weighted by atomic mass is 19.1. The number of anilines is 2. The van der Waals surface area contributed by atoms with Crippen LogP contribution in [-0.2, 0) is 0 Å². The van der Waals surface area contributed by atoms with Crippen LogP contribution < -0.4 is 10.2 Å². The number of halogens is 1. The Balaban J connectivity index is 1.42. The van der Waals surface area contributed by atoms with Gasteiger partial charge in [-0.05, 0) is 64.5 Å². The molecule has 2 aliphatic rings. The first-order valence-electron chi connectivity index (χ1n) is 12.3. The maximum atomic E-state index is 13.8. The number of aryl methyl sites for hydroxylation is 1. The summed E-state index contributed by atoms with van der Waals surface area (Å²) in [5.74, 6) is 0.970. The van der Waals surface area contributed by atoms with Gasteiger partial charge in [0.15, 0.2) is 5.65 Å². The Kier molecular flexibility index (Phi) is 5.28. The van der Waals surface area contributed by atoms with Crippen molar-refractivity contribution in [3.8, 4) is 11.4 Å². The Morgan fingerprint density at radius 1 is 1.03 bits per heavy atom. The van der Waals surface area contributed by atoms with Crippen LogP contribution in [0.15, 0.2) is 24.3 Å². The molecule has 0 spiro atoms. The second-order valence-corrected chi connectivity index (χ2v) is 10.0. The number of hydrogen-bond donors (Lipinski definition) is 2. The van der Waals surface area contributed by atoms with Crippen molar-refractivity contribution in [1.82, 2.24) is 29.5 Å². The lowest BCUT2D eigenvalue weighted by atomic mass is 9.84. The van der Waals surface area contributed by atoms with Crippen molar-refractivity contribution in [2.45, 2.75) is 64.0 Å². The summed E-state index contributed by atoms with van der Waals surface area (Å²) in [6.45, 7) is 5.65. The molecule has 9 nitrogen and oxygen atoms in total. The third kappa shape index (κ3) is 4.27. The van der Waals surface area contributed by atoms with E-state index in [2.05, 4.69) is 20.2 Å². The zero-order chi connectivity index (χ0) is 24.2. The molecular formula is C25H29FN8O. The van der Waals surface area contributed by atoms with Crippen molar-refractivity contribution < 1.29 is 9.50 Å². The maximum absolute atomic E-state index is 13.8. The minimum atomic E-state index is -0.607. The van der Waals surface area contributed by atoms with E-state index in [0.29, 0.717) is 45.7 Å². The fourth-order valence-corrected chi connectivity index (χ4v) is 5.07. The highest BCUT2D eigenvalue weighted by Crippen LogP contribution is 2.31. The number of fused-ring (bicyclic) bond motifs is 2. The molecule has 10 heteroatoms. The lowest BCUT2D eigenvalue weighted by Crippen LogP contribution is -2.36. The largest absolute Gasteiger partial charge is 0.390 e. The first-order chi connectivity index (χ1) is 16.8. The van der Waals surface area contributed by atoms with Gasteiger partial charge in [-0.1, -0.05) is 0 Å². The highest BCUT2D eigenvalue weighted by molar-refractivity contribution is 5.78. The van der Waals surface area contributed by atoms with Crippen LogP contribution in [0.3, 0.4) is 0 Å². The number of aliphatic hydroxyl groups is 1. The van der Waals surface area contributed by atoms with E-state index in [0.717, 1.165) is 51.6 Å². The number of rotatable bonds is 4. The van der Waals surface area contributed by atoms with Crippen LogP contribution in [0, 0.1) is 12.7 Å². The number of benzene rings is 1. The quantitative estimate of drug-likeness (QED) is 0.457. The summed E-state index contributed by atoms with van der Waals surface area (Å²) in [4.78, 5) is 21.2. The van der Waals surface area contributed by atoms with Crippen LogP contribution in [0.25, 0.3) is 28.1 Å². The van der Waals surface area contributed by atoms with E-state index in [1.54, 1.807) is 10.6 Å². The second kappa shape index (κ2) is 8.37. The Bertz CT molecular complexity index is 1400. The van der Waals surface area contributed by atoms with Crippen molar-refractivity contribution in [3.05, 3.63) is 35.8 Å². The molecule has 0 radical (unpaired) electrons. The predicted octanol–water partition coefficient (Wildman–Crippen LogP) is 3.89. The minimum absolute atomic E-state index is 0.192. The van der Waals surface area contributed by atoms with Crippen molar-refractivity contribution >= 4 is 28.6 Å². The Morgan fingerprint density at radius 3 is 2.57 bits per heavy atom. The standard InChI is InChI=1S/C25H29FN8O/c1-15-22(29-19-13-16(26)5-6-18(19)27-15)20-14-21-30-23(33-11-3-4-12-33)31-24(34(21)32-20)28-17-7-9-25(2,35)10-8-17/h5-6,13-14,17,35H,3-4,7-12H2,1-2H3,(H,28,30,31)/t17-,25-. The summed E-state index contributed by atoms with van der Waals surface area (Å²) in [7, 11) is 0. The van der Waals surface area contributed by atoms with Crippen molar-refractivity contribution in [2.75, 3.05) is 23.3 Å². The first-order valence-corrected chi connectivity index (χ1v) is 12.3. The molecule has 35 heavy (non-hydrogen) atoms. The van der Waals surface area contributed by atoms with E-state index in [-0.39, 0.29) is 11.9 Å². The molecule has 0 unspecified atom stereocenters. The molecule has 0 amide bonds. The molecule has 0 bridgehead atoms. The van der Waals surface area contributed by atoms with Crippen molar-refractivity contribution in [3.63, 3.8) is 0 Å². The smallest absolute Gasteiger partial charge is 0.230 e. The molecule has 2 fully saturated rings. The van der Waals surface area contributed by atoms with Gasteiger partial charge in [-0.15, -0.1) is 0 Å². The normalized spacial score (nSPS) is 22.9. The first kappa shape index (κ1) is 22.1. The Labute approximate surface area is 202 Å². The monoisotopic (exact) mass is 476 g/mol. The number of hydrogen-bond acceptors (Lipinski definition) is 8.